The van der Waals surface area contributed by atoms with Crippen LogP contribution in [-0.2, 0) is 4.79 Å². The summed E-state index contributed by atoms with van der Waals surface area (Å²) in [5.41, 5.74) is 0. The molecule has 94 valence electrons. The van der Waals surface area contributed by atoms with E-state index in [1.54, 1.807) is 0 Å². The molecule has 0 N–H and O–H groups in total. The van der Waals surface area contributed by atoms with Gasteiger partial charge in [0, 0.05) is 19.5 Å². The standard InChI is InChI=1S/C13H21N3O/c1-15-6-4-11(5-7-15)9-16-10-12(8-14)2-3-13(16)17/h11-12H,2-7,9-10H2,1H3. The average Bonchev–Trinajstić information content (AvgIpc) is 2.35. The fraction of sp³-hybridized carbons (Fsp3) is 0.846. The van der Waals surface area contributed by atoms with Gasteiger partial charge in [0.15, 0.2) is 0 Å². The van der Waals surface area contributed by atoms with Crippen LogP contribution in [0.2, 0.25) is 0 Å². The Morgan fingerprint density at radius 1 is 1.35 bits per heavy atom. The number of carbonyl (C=O) groups is 1. The largest absolute Gasteiger partial charge is 0.341 e. The van der Waals surface area contributed by atoms with Gasteiger partial charge in [-0.1, -0.05) is 0 Å². The number of amides is 1. The molecule has 0 aromatic heterocycles. The number of rotatable bonds is 2. The summed E-state index contributed by atoms with van der Waals surface area (Å²) in [6, 6.07) is 2.30. The topological polar surface area (TPSA) is 47.3 Å². The van der Waals surface area contributed by atoms with Crippen LogP contribution in [0.4, 0.5) is 0 Å². The SMILES string of the molecule is CN1CCC(CN2CC(C#N)CCC2=O)CC1. The molecule has 2 saturated heterocycles. The van der Waals surface area contributed by atoms with Crippen molar-refractivity contribution >= 4 is 5.91 Å². The lowest BCUT2D eigenvalue weighted by atomic mass is 9.93. The van der Waals surface area contributed by atoms with Gasteiger partial charge in [0.1, 0.15) is 0 Å². The first-order valence-electron chi connectivity index (χ1n) is 6.55. The van der Waals surface area contributed by atoms with Crippen LogP contribution in [-0.4, -0.2) is 48.9 Å². The molecule has 2 fully saturated rings. The van der Waals surface area contributed by atoms with E-state index in [0.29, 0.717) is 18.9 Å². The van der Waals surface area contributed by atoms with Gasteiger partial charge in [-0.15, -0.1) is 0 Å². The lowest BCUT2D eigenvalue weighted by Crippen LogP contribution is -2.44. The van der Waals surface area contributed by atoms with Crippen molar-refractivity contribution in [2.45, 2.75) is 25.7 Å². The van der Waals surface area contributed by atoms with Gasteiger partial charge in [0.25, 0.3) is 0 Å². The van der Waals surface area contributed by atoms with E-state index in [9.17, 15) is 4.79 Å². The summed E-state index contributed by atoms with van der Waals surface area (Å²) in [4.78, 5) is 16.1. The minimum atomic E-state index is 0.0546. The van der Waals surface area contributed by atoms with E-state index in [4.69, 9.17) is 5.26 Å². The van der Waals surface area contributed by atoms with Crippen molar-refractivity contribution < 1.29 is 4.79 Å². The molecule has 1 amide bonds. The van der Waals surface area contributed by atoms with Crippen LogP contribution in [0, 0.1) is 23.2 Å². The second-order valence-electron chi connectivity index (χ2n) is 5.41. The van der Waals surface area contributed by atoms with Gasteiger partial charge in [-0.25, -0.2) is 0 Å². The molecular formula is C13H21N3O. The maximum atomic E-state index is 11.8. The number of nitrogens with zero attached hydrogens (tertiary/aromatic N) is 3. The molecule has 0 saturated carbocycles. The monoisotopic (exact) mass is 235 g/mol. The van der Waals surface area contributed by atoms with Crippen LogP contribution in [0.15, 0.2) is 0 Å². The molecule has 0 aromatic rings. The van der Waals surface area contributed by atoms with Gasteiger partial charge in [-0.2, -0.15) is 5.26 Å². The number of likely N-dealkylation sites (tertiary alicyclic amines) is 2. The second-order valence-corrected chi connectivity index (χ2v) is 5.41. The molecule has 4 heteroatoms. The molecule has 17 heavy (non-hydrogen) atoms. The van der Waals surface area contributed by atoms with Crippen molar-refractivity contribution in [3.8, 4) is 6.07 Å². The predicted molar refractivity (Wildman–Crippen MR) is 65.1 cm³/mol. The smallest absolute Gasteiger partial charge is 0.222 e. The van der Waals surface area contributed by atoms with Gasteiger partial charge in [0.05, 0.1) is 12.0 Å². The van der Waals surface area contributed by atoms with Gasteiger partial charge in [-0.05, 0) is 45.3 Å². The Hall–Kier alpha value is -1.08. The summed E-state index contributed by atoms with van der Waals surface area (Å²) >= 11 is 0. The van der Waals surface area contributed by atoms with E-state index in [2.05, 4.69) is 18.0 Å². The summed E-state index contributed by atoms with van der Waals surface area (Å²) in [6.07, 6.45) is 3.67. The third-order valence-electron chi connectivity index (χ3n) is 4.00. The number of hydrogen-bond donors (Lipinski definition) is 0. The van der Waals surface area contributed by atoms with Crippen molar-refractivity contribution in [1.29, 1.82) is 5.26 Å². The van der Waals surface area contributed by atoms with Gasteiger partial charge < -0.3 is 9.80 Å². The number of carbonyl (C=O) groups excluding carboxylic acids is 1. The zero-order chi connectivity index (χ0) is 12.3. The Balaban J connectivity index is 1.84. The fourth-order valence-corrected chi connectivity index (χ4v) is 2.75. The van der Waals surface area contributed by atoms with Gasteiger partial charge in [0.2, 0.25) is 5.91 Å². The van der Waals surface area contributed by atoms with E-state index >= 15 is 0 Å². The molecule has 0 bridgehead atoms. The van der Waals surface area contributed by atoms with Gasteiger partial charge >= 0.3 is 0 Å². The van der Waals surface area contributed by atoms with Crippen LogP contribution in [0.3, 0.4) is 0 Å². The molecule has 0 radical (unpaired) electrons. The van der Waals surface area contributed by atoms with Crippen LogP contribution < -0.4 is 0 Å². The Kier molecular flexibility index (Phi) is 4.01. The van der Waals surface area contributed by atoms with E-state index in [-0.39, 0.29) is 11.8 Å². The lowest BCUT2D eigenvalue weighted by molar-refractivity contribution is -0.135. The molecule has 1 unspecified atom stereocenters. The number of piperidine rings is 2. The molecule has 0 aromatic carbocycles. The van der Waals surface area contributed by atoms with E-state index in [1.165, 1.54) is 12.8 Å². The van der Waals surface area contributed by atoms with Crippen LogP contribution >= 0.6 is 0 Å². The molecule has 0 aliphatic carbocycles. The fourth-order valence-electron chi connectivity index (χ4n) is 2.75. The lowest BCUT2D eigenvalue weighted by Gasteiger charge is -2.35. The summed E-state index contributed by atoms with van der Waals surface area (Å²) in [6.45, 7) is 3.79. The Morgan fingerprint density at radius 3 is 2.71 bits per heavy atom. The maximum Gasteiger partial charge on any atom is 0.222 e. The second kappa shape index (κ2) is 5.50. The van der Waals surface area contributed by atoms with Crippen molar-refractivity contribution in [3.05, 3.63) is 0 Å². The highest BCUT2D eigenvalue weighted by molar-refractivity contribution is 5.77. The highest BCUT2D eigenvalue weighted by Gasteiger charge is 2.28. The molecule has 1 atom stereocenters. The average molecular weight is 235 g/mol. The zero-order valence-electron chi connectivity index (χ0n) is 10.6. The Bertz CT molecular complexity index is 315. The van der Waals surface area contributed by atoms with Crippen LogP contribution in [0.1, 0.15) is 25.7 Å². The van der Waals surface area contributed by atoms with Gasteiger partial charge in [-0.3, -0.25) is 4.79 Å². The highest BCUT2D eigenvalue weighted by Crippen LogP contribution is 2.22. The third-order valence-corrected chi connectivity index (χ3v) is 4.00. The molecule has 2 rings (SSSR count). The predicted octanol–water partition coefficient (Wildman–Crippen LogP) is 1.09. The van der Waals surface area contributed by atoms with Crippen LogP contribution in [0.25, 0.3) is 0 Å². The Morgan fingerprint density at radius 2 is 2.06 bits per heavy atom. The molecule has 2 aliphatic rings. The number of hydrogen-bond acceptors (Lipinski definition) is 3. The first-order valence-corrected chi connectivity index (χ1v) is 6.55. The first-order chi connectivity index (χ1) is 8.19. The molecule has 2 aliphatic heterocycles. The van der Waals surface area contributed by atoms with Crippen LogP contribution in [0.5, 0.6) is 0 Å². The highest BCUT2D eigenvalue weighted by atomic mass is 16.2. The zero-order valence-corrected chi connectivity index (χ0v) is 10.6. The van der Waals surface area contributed by atoms with E-state index in [0.717, 1.165) is 26.1 Å². The summed E-state index contributed by atoms with van der Waals surface area (Å²) in [5, 5.41) is 8.94. The molecular weight excluding hydrogens is 214 g/mol. The third kappa shape index (κ3) is 3.19. The van der Waals surface area contributed by atoms with Crippen molar-refractivity contribution in [2.75, 3.05) is 33.2 Å². The minimum Gasteiger partial charge on any atom is -0.341 e. The number of nitriles is 1. The summed E-state index contributed by atoms with van der Waals surface area (Å²) in [5.74, 6) is 0.932. The molecule has 0 spiro atoms. The summed E-state index contributed by atoms with van der Waals surface area (Å²) in [7, 11) is 2.15. The minimum absolute atomic E-state index is 0.0546. The quantitative estimate of drug-likeness (QED) is 0.720. The molecule has 2 heterocycles. The van der Waals surface area contributed by atoms with E-state index < -0.39 is 0 Å². The van der Waals surface area contributed by atoms with Crippen molar-refractivity contribution in [1.82, 2.24) is 9.80 Å². The normalized spacial score (nSPS) is 28.1. The van der Waals surface area contributed by atoms with Crippen molar-refractivity contribution in [3.63, 3.8) is 0 Å². The van der Waals surface area contributed by atoms with Crippen molar-refractivity contribution in [2.24, 2.45) is 11.8 Å². The first kappa shape index (κ1) is 12.4. The maximum absolute atomic E-state index is 11.8. The Labute approximate surface area is 103 Å². The van der Waals surface area contributed by atoms with E-state index in [1.807, 2.05) is 4.90 Å². The summed E-state index contributed by atoms with van der Waals surface area (Å²) < 4.78 is 0. The molecule has 4 nitrogen and oxygen atoms in total.